The van der Waals surface area contributed by atoms with Crippen LogP contribution < -0.4 is 15.4 Å². The second kappa shape index (κ2) is 7.41. The van der Waals surface area contributed by atoms with Crippen molar-refractivity contribution in [2.24, 2.45) is 0 Å². The number of pyridine rings is 1. The van der Waals surface area contributed by atoms with E-state index >= 15 is 0 Å². The number of amides is 1. The molecule has 112 valence electrons. The van der Waals surface area contributed by atoms with Gasteiger partial charge in [-0.05, 0) is 13.0 Å². The van der Waals surface area contributed by atoms with Gasteiger partial charge in [-0.1, -0.05) is 11.6 Å². The van der Waals surface area contributed by atoms with Crippen LogP contribution in [0.2, 0.25) is 5.02 Å². The molecule has 1 amide bonds. The van der Waals surface area contributed by atoms with Crippen molar-refractivity contribution in [2.45, 2.75) is 6.92 Å². The summed E-state index contributed by atoms with van der Waals surface area (Å²) in [5.41, 5.74) is 0.316. The zero-order valence-corrected chi connectivity index (χ0v) is 12.8. The number of carbonyl (C=O) groups is 1. The smallest absolute Gasteiger partial charge is 0.252 e. The molecule has 0 radical (unpaired) electrons. The summed E-state index contributed by atoms with van der Waals surface area (Å²) in [5.74, 6) is 0.155. The highest BCUT2D eigenvalue weighted by Crippen LogP contribution is 2.19. The molecule has 1 heterocycles. The van der Waals surface area contributed by atoms with E-state index in [9.17, 15) is 13.2 Å². The predicted octanol–water partition coefficient (Wildman–Crippen LogP) is 0.446. The van der Waals surface area contributed by atoms with Gasteiger partial charge in [0.05, 0.1) is 16.8 Å². The van der Waals surface area contributed by atoms with Gasteiger partial charge < -0.3 is 10.6 Å². The number of carbonyl (C=O) groups excluding carboxylic acids is 1. The molecule has 0 saturated heterocycles. The number of hydrogen-bond donors (Lipinski definition) is 3. The summed E-state index contributed by atoms with van der Waals surface area (Å²) in [5, 5.41) is 5.88. The highest BCUT2D eigenvalue weighted by Gasteiger charge is 2.09. The first-order valence-electron chi connectivity index (χ1n) is 5.95. The molecule has 1 rings (SSSR count). The largest absolute Gasteiger partial charge is 0.369 e. The van der Waals surface area contributed by atoms with Gasteiger partial charge in [0.2, 0.25) is 10.0 Å². The van der Waals surface area contributed by atoms with Crippen LogP contribution in [0.15, 0.2) is 12.3 Å². The van der Waals surface area contributed by atoms with Crippen molar-refractivity contribution < 1.29 is 13.2 Å². The van der Waals surface area contributed by atoms with Crippen molar-refractivity contribution in [3.05, 3.63) is 22.8 Å². The predicted molar refractivity (Wildman–Crippen MR) is 78.6 cm³/mol. The van der Waals surface area contributed by atoms with E-state index in [1.807, 2.05) is 6.92 Å². The SMILES string of the molecule is CCNc1ncc(C(=O)NCCNS(C)(=O)=O)cc1Cl. The molecule has 0 aliphatic rings. The second-order valence-electron chi connectivity index (χ2n) is 4.01. The highest BCUT2D eigenvalue weighted by molar-refractivity contribution is 7.88. The number of rotatable bonds is 7. The van der Waals surface area contributed by atoms with Crippen molar-refractivity contribution in [1.82, 2.24) is 15.0 Å². The highest BCUT2D eigenvalue weighted by atomic mass is 35.5. The third-order valence-corrected chi connectivity index (χ3v) is 3.24. The minimum absolute atomic E-state index is 0.126. The zero-order valence-electron chi connectivity index (χ0n) is 11.2. The van der Waals surface area contributed by atoms with Gasteiger partial charge in [0.1, 0.15) is 5.82 Å². The topological polar surface area (TPSA) is 100 Å². The Bertz CT molecular complexity index is 577. The maximum absolute atomic E-state index is 11.8. The lowest BCUT2D eigenvalue weighted by atomic mass is 10.2. The summed E-state index contributed by atoms with van der Waals surface area (Å²) in [7, 11) is -3.25. The molecule has 3 N–H and O–H groups in total. The van der Waals surface area contributed by atoms with Gasteiger partial charge >= 0.3 is 0 Å². The maximum atomic E-state index is 11.8. The first kappa shape index (κ1) is 16.7. The average Bonchev–Trinajstić information content (AvgIpc) is 2.36. The van der Waals surface area contributed by atoms with Crippen LogP contribution in [0.25, 0.3) is 0 Å². The van der Waals surface area contributed by atoms with Gasteiger partial charge in [-0.3, -0.25) is 4.79 Å². The summed E-state index contributed by atoms with van der Waals surface area (Å²) in [6.45, 7) is 2.89. The number of nitrogens with one attached hydrogen (secondary N) is 3. The molecule has 9 heteroatoms. The summed E-state index contributed by atoms with van der Waals surface area (Å²) in [6, 6.07) is 1.51. The molecule has 0 aliphatic carbocycles. The summed E-state index contributed by atoms with van der Waals surface area (Å²) >= 11 is 5.98. The quantitative estimate of drug-likeness (QED) is 0.633. The molecule has 0 spiro atoms. The van der Waals surface area contributed by atoms with Gasteiger partial charge in [-0.25, -0.2) is 18.1 Å². The van der Waals surface area contributed by atoms with Gasteiger partial charge in [0.25, 0.3) is 5.91 Å². The molecule has 0 aliphatic heterocycles. The molecule has 0 bridgehead atoms. The molecule has 1 aromatic rings. The molecular formula is C11H17ClN4O3S. The Morgan fingerprint density at radius 2 is 2.10 bits per heavy atom. The van der Waals surface area contributed by atoms with Gasteiger partial charge in [0, 0.05) is 25.8 Å². The Kier molecular flexibility index (Phi) is 6.18. The van der Waals surface area contributed by atoms with Crippen molar-refractivity contribution in [1.29, 1.82) is 0 Å². The lowest BCUT2D eigenvalue weighted by Gasteiger charge is -2.08. The molecule has 7 nitrogen and oxygen atoms in total. The minimum atomic E-state index is -3.25. The van der Waals surface area contributed by atoms with Gasteiger partial charge in [-0.15, -0.1) is 0 Å². The normalized spacial score (nSPS) is 11.2. The number of nitrogens with zero attached hydrogens (tertiary/aromatic N) is 1. The Labute approximate surface area is 123 Å². The van der Waals surface area contributed by atoms with E-state index in [-0.39, 0.29) is 19.0 Å². The van der Waals surface area contributed by atoms with E-state index in [1.54, 1.807) is 0 Å². The zero-order chi connectivity index (χ0) is 15.2. The first-order valence-corrected chi connectivity index (χ1v) is 8.22. The van der Waals surface area contributed by atoms with E-state index in [2.05, 4.69) is 20.3 Å². The molecule has 0 unspecified atom stereocenters. The molecule has 0 saturated carbocycles. The van der Waals surface area contributed by atoms with Crippen LogP contribution in [0.3, 0.4) is 0 Å². The average molecular weight is 321 g/mol. The third kappa shape index (κ3) is 5.72. The van der Waals surface area contributed by atoms with Crippen LogP contribution in [0.5, 0.6) is 0 Å². The van der Waals surface area contributed by atoms with Crippen molar-refractivity contribution in [2.75, 3.05) is 31.2 Å². The van der Waals surface area contributed by atoms with Crippen molar-refractivity contribution in [3.63, 3.8) is 0 Å². The number of hydrogen-bond acceptors (Lipinski definition) is 5. The van der Waals surface area contributed by atoms with Gasteiger partial charge in [-0.2, -0.15) is 0 Å². The van der Waals surface area contributed by atoms with Crippen LogP contribution in [0.1, 0.15) is 17.3 Å². The van der Waals surface area contributed by atoms with E-state index in [4.69, 9.17) is 11.6 Å². The fourth-order valence-corrected chi connectivity index (χ4v) is 2.08. The van der Waals surface area contributed by atoms with E-state index in [1.165, 1.54) is 12.3 Å². The van der Waals surface area contributed by atoms with E-state index in [0.717, 1.165) is 6.26 Å². The van der Waals surface area contributed by atoms with Crippen molar-refractivity contribution in [3.8, 4) is 0 Å². The Morgan fingerprint density at radius 1 is 1.40 bits per heavy atom. The minimum Gasteiger partial charge on any atom is -0.369 e. The summed E-state index contributed by atoms with van der Waals surface area (Å²) in [6.07, 6.45) is 2.46. The van der Waals surface area contributed by atoms with Crippen LogP contribution in [-0.4, -0.2) is 45.2 Å². The van der Waals surface area contributed by atoms with Gasteiger partial charge in [0.15, 0.2) is 0 Å². The molecule has 0 fully saturated rings. The van der Waals surface area contributed by atoms with E-state index < -0.39 is 10.0 Å². The molecular weight excluding hydrogens is 304 g/mol. The fourth-order valence-electron chi connectivity index (χ4n) is 1.37. The number of anilines is 1. The lowest BCUT2D eigenvalue weighted by Crippen LogP contribution is -2.34. The molecule has 20 heavy (non-hydrogen) atoms. The second-order valence-corrected chi connectivity index (χ2v) is 6.25. The van der Waals surface area contributed by atoms with Crippen LogP contribution in [-0.2, 0) is 10.0 Å². The number of aromatic nitrogens is 1. The Morgan fingerprint density at radius 3 is 2.65 bits per heavy atom. The van der Waals surface area contributed by atoms with Crippen molar-refractivity contribution >= 4 is 33.3 Å². The Balaban J connectivity index is 2.53. The van der Waals surface area contributed by atoms with E-state index in [0.29, 0.717) is 22.9 Å². The van der Waals surface area contributed by atoms with Crippen LogP contribution in [0.4, 0.5) is 5.82 Å². The lowest BCUT2D eigenvalue weighted by molar-refractivity contribution is 0.0954. The maximum Gasteiger partial charge on any atom is 0.252 e. The Hall–Kier alpha value is -1.38. The monoisotopic (exact) mass is 320 g/mol. The number of halogens is 1. The molecule has 0 aromatic carbocycles. The molecule has 1 aromatic heterocycles. The standard InChI is InChI=1S/C11H17ClN4O3S/c1-3-13-10-9(12)6-8(7-15-10)11(17)14-4-5-16-20(2,18)19/h6-7,16H,3-5H2,1-2H3,(H,13,15)(H,14,17). The fraction of sp³-hybridized carbons (Fsp3) is 0.455. The summed E-state index contributed by atoms with van der Waals surface area (Å²) in [4.78, 5) is 15.8. The first-order chi connectivity index (χ1) is 9.33. The van der Waals surface area contributed by atoms with Crippen LogP contribution in [0, 0.1) is 0 Å². The third-order valence-electron chi connectivity index (χ3n) is 2.22. The molecule has 0 atom stereocenters. The summed E-state index contributed by atoms with van der Waals surface area (Å²) < 4.78 is 23.9. The number of sulfonamides is 1. The van der Waals surface area contributed by atoms with Crippen LogP contribution >= 0.6 is 11.6 Å².